The van der Waals surface area contributed by atoms with Crippen LogP contribution in [0.3, 0.4) is 0 Å². The number of thiophene rings is 1. The molecule has 6 heteroatoms. The Morgan fingerprint density at radius 3 is 2.75 bits per heavy atom. The van der Waals surface area contributed by atoms with Gasteiger partial charge in [0.1, 0.15) is 5.82 Å². The molecule has 2 aromatic heterocycles. The molecule has 0 spiro atoms. The first-order chi connectivity index (χ1) is 9.70. The molecule has 0 aromatic carbocycles. The number of anilines is 1. The van der Waals surface area contributed by atoms with E-state index in [2.05, 4.69) is 27.8 Å². The van der Waals surface area contributed by atoms with Crippen molar-refractivity contribution in [1.82, 2.24) is 15.5 Å². The topological polar surface area (TPSA) is 66.9 Å². The predicted octanol–water partition coefficient (Wildman–Crippen LogP) is 2.60. The number of nitrogens with zero attached hydrogens (tertiary/aromatic N) is 2. The molecule has 5 nitrogen and oxygen atoms in total. The molecule has 2 aromatic rings. The van der Waals surface area contributed by atoms with E-state index < -0.39 is 0 Å². The van der Waals surface area contributed by atoms with Gasteiger partial charge in [0.25, 0.3) is 5.91 Å². The van der Waals surface area contributed by atoms with Gasteiger partial charge >= 0.3 is 0 Å². The van der Waals surface area contributed by atoms with Crippen LogP contribution in [0.25, 0.3) is 0 Å². The first kappa shape index (κ1) is 14.5. The fourth-order valence-corrected chi connectivity index (χ4v) is 2.48. The standard InChI is InChI=1S/C14H18N4OS/c1-3-7-15-13-5-4-11(17-18-13)14(19)16-9-12-10(2)6-8-20-12/h4-6,8H,3,7,9H2,1-2H3,(H,15,18)(H,16,19). The lowest BCUT2D eigenvalue weighted by Gasteiger charge is -2.05. The second-order valence-electron chi connectivity index (χ2n) is 4.44. The van der Waals surface area contributed by atoms with Crippen LogP contribution in [0.5, 0.6) is 0 Å². The van der Waals surface area contributed by atoms with Crippen LogP contribution in [0.15, 0.2) is 23.6 Å². The number of carbonyl (C=O) groups is 1. The van der Waals surface area contributed by atoms with Crippen LogP contribution in [-0.2, 0) is 6.54 Å². The van der Waals surface area contributed by atoms with E-state index >= 15 is 0 Å². The molecule has 0 atom stereocenters. The number of aromatic nitrogens is 2. The zero-order valence-electron chi connectivity index (χ0n) is 11.6. The van der Waals surface area contributed by atoms with Gasteiger partial charge < -0.3 is 10.6 Å². The van der Waals surface area contributed by atoms with Gasteiger partial charge in [-0.15, -0.1) is 21.5 Å². The lowest BCUT2D eigenvalue weighted by molar-refractivity contribution is 0.0945. The fourth-order valence-electron chi connectivity index (χ4n) is 1.64. The maximum Gasteiger partial charge on any atom is 0.272 e. The van der Waals surface area contributed by atoms with Gasteiger partial charge in [-0.05, 0) is 42.5 Å². The zero-order chi connectivity index (χ0) is 14.4. The van der Waals surface area contributed by atoms with E-state index in [9.17, 15) is 4.79 Å². The Kier molecular flexibility index (Phi) is 5.06. The molecular formula is C14H18N4OS. The molecule has 2 rings (SSSR count). The van der Waals surface area contributed by atoms with Crippen molar-refractivity contribution >= 4 is 23.1 Å². The average molecular weight is 290 g/mol. The molecular weight excluding hydrogens is 272 g/mol. The highest BCUT2D eigenvalue weighted by Gasteiger charge is 2.09. The van der Waals surface area contributed by atoms with E-state index in [4.69, 9.17) is 0 Å². The van der Waals surface area contributed by atoms with E-state index in [0.29, 0.717) is 18.1 Å². The number of nitrogens with one attached hydrogen (secondary N) is 2. The summed E-state index contributed by atoms with van der Waals surface area (Å²) in [5.74, 6) is 0.491. The van der Waals surface area contributed by atoms with Crippen LogP contribution < -0.4 is 10.6 Å². The molecule has 0 aliphatic rings. The minimum absolute atomic E-state index is 0.202. The van der Waals surface area contributed by atoms with Crippen LogP contribution in [0.2, 0.25) is 0 Å². The molecule has 0 unspecified atom stereocenters. The molecule has 106 valence electrons. The number of carbonyl (C=O) groups excluding carboxylic acids is 1. The molecule has 0 saturated carbocycles. The lowest BCUT2D eigenvalue weighted by atomic mass is 10.3. The van der Waals surface area contributed by atoms with Gasteiger partial charge in [-0.1, -0.05) is 6.92 Å². The minimum atomic E-state index is -0.202. The van der Waals surface area contributed by atoms with E-state index in [-0.39, 0.29) is 5.91 Å². The van der Waals surface area contributed by atoms with Gasteiger partial charge in [-0.25, -0.2) is 0 Å². The van der Waals surface area contributed by atoms with Gasteiger partial charge in [0.05, 0.1) is 6.54 Å². The highest BCUT2D eigenvalue weighted by atomic mass is 32.1. The highest BCUT2D eigenvalue weighted by Crippen LogP contribution is 2.15. The normalized spacial score (nSPS) is 10.3. The van der Waals surface area contributed by atoms with Gasteiger partial charge in [-0.3, -0.25) is 4.79 Å². The Morgan fingerprint density at radius 1 is 1.30 bits per heavy atom. The van der Waals surface area contributed by atoms with E-state index in [1.807, 2.05) is 18.4 Å². The molecule has 0 saturated heterocycles. The molecule has 20 heavy (non-hydrogen) atoms. The Labute approximate surface area is 122 Å². The summed E-state index contributed by atoms with van der Waals surface area (Å²) in [6.45, 7) is 5.48. The Hall–Kier alpha value is -1.95. The van der Waals surface area contributed by atoms with Crippen LogP contribution in [-0.4, -0.2) is 22.6 Å². The van der Waals surface area contributed by atoms with Crippen molar-refractivity contribution in [3.05, 3.63) is 39.7 Å². The third-order valence-electron chi connectivity index (χ3n) is 2.83. The first-order valence-electron chi connectivity index (χ1n) is 6.59. The van der Waals surface area contributed by atoms with Crippen molar-refractivity contribution in [2.45, 2.75) is 26.8 Å². The van der Waals surface area contributed by atoms with E-state index in [1.54, 1.807) is 23.5 Å². The minimum Gasteiger partial charge on any atom is -0.369 e. The number of hydrogen-bond acceptors (Lipinski definition) is 5. The number of rotatable bonds is 6. The monoisotopic (exact) mass is 290 g/mol. The summed E-state index contributed by atoms with van der Waals surface area (Å²) in [6, 6.07) is 5.50. The first-order valence-corrected chi connectivity index (χ1v) is 7.47. The van der Waals surface area contributed by atoms with Crippen LogP contribution in [0.1, 0.15) is 34.3 Å². The summed E-state index contributed by atoms with van der Waals surface area (Å²) in [5, 5.41) is 15.9. The predicted molar refractivity (Wildman–Crippen MR) is 81.0 cm³/mol. The van der Waals surface area contributed by atoms with Crippen LogP contribution >= 0.6 is 11.3 Å². The third-order valence-corrected chi connectivity index (χ3v) is 3.85. The van der Waals surface area contributed by atoms with Crippen molar-refractivity contribution in [2.24, 2.45) is 0 Å². The summed E-state index contributed by atoms with van der Waals surface area (Å²) < 4.78 is 0. The third kappa shape index (κ3) is 3.77. The number of amides is 1. The van der Waals surface area contributed by atoms with Crippen molar-refractivity contribution < 1.29 is 4.79 Å². The quantitative estimate of drug-likeness (QED) is 0.858. The summed E-state index contributed by atoms with van der Waals surface area (Å²) >= 11 is 1.64. The SMILES string of the molecule is CCCNc1ccc(C(=O)NCc2sccc2C)nn1. The molecule has 0 aliphatic carbocycles. The van der Waals surface area contributed by atoms with Gasteiger partial charge in [0, 0.05) is 11.4 Å². The molecule has 0 radical (unpaired) electrons. The summed E-state index contributed by atoms with van der Waals surface area (Å²) in [7, 11) is 0. The average Bonchev–Trinajstić information content (AvgIpc) is 2.88. The highest BCUT2D eigenvalue weighted by molar-refractivity contribution is 7.10. The molecule has 1 amide bonds. The molecule has 2 heterocycles. The van der Waals surface area contributed by atoms with Gasteiger partial charge in [-0.2, -0.15) is 0 Å². The molecule has 0 bridgehead atoms. The van der Waals surface area contributed by atoms with Crippen LogP contribution in [0.4, 0.5) is 5.82 Å². The van der Waals surface area contributed by atoms with Crippen molar-refractivity contribution in [3.63, 3.8) is 0 Å². The second-order valence-corrected chi connectivity index (χ2v) is 5.44. The van der Waals surface area contributed by atoms with E-state index in [0.717, 1.165) is 17.8 Å². The summed E-state index contributed by atoms with van der Waals surface area (Å²) in [6.07, 6.45) is 1.02. The van der Waals surface area contributed by atoms with Crippen molar-refractivity contribution in [1.29, 1.82) is 0 Å². The molecule has 2 N–H and O–H groups in total. The van der Waals surface area contributed by atoms with Crippen molar-refractivity contribution in [2.75, 3.05) is 11.9 Å². The maximum absolute atomic E-state index is 11.9. The lowest BCUT2D eigenvalue weighted by Crippen LogP contribution is -2.24. The van der Waals surface area contributed by atoms with Crippen LogP contribution in [0, 0.1) is 6.92 Å². The fraction of sp³-hybridized carbons (Fsp3) is 0.357. The Balaban J connectivity index is 1.90. The summed E-state index contributed by atoms with van der Waals surface area (Å²) in [4.78, 5) is 13.1. The van der Waals surface area contributed by atoms with Crippen molar-refractivity contribution in [3.8, 4) is 0 Å². The molecule has 0 aliphatic heterocycles. The largest absolute Gasteiger partial charge is 0.369 e. The zero-order valence-corrected chi connectivity index (χ0v) is 12.5. The smallest absolute Gasteiger partial charge is 0.272 e. The van der Waals surface area contributed by atoms with Gasteiger partial charge in [0.15, 0.2) is 5.69 Å². The maximum atomic E-state index is 11.9. The second kappa shape index (κ2) is 7.00. The number of hydrogen-bond donors (Lipinski definition) is 2. The van der Waals surface area contributed by atoms with E-state index in [1.165, 1.54) is 5.56 Å². The summed E-state index contributed by atoms with van der Waals surface area (Å²) in [5.41, 5.74) is 1.53. The van der Waals surface area contributed by atoms with Gasteiger partial charge in [0.2, 0.25) is 0 Å². The Bertz CT molecular complexity index is 565. The molecule has 0 fully saturated rings. The Morgan fingerprint density at radius 2 is 2.15 bits per heavy atom. The number of aryl methyl sites for hydroxylation is 1.